The molecule has 0 fully saturated rings. The molecule has 0 radical (unpaired) electrons. The molecule has 1 amide bonds. The zero-order valence-corrected chi connectivity index (χ0v) is 16.0. The molecular weight excluding hydrogens is 324 g/mol. The van der Waals surface area contributed by atoms with Gasteiger partial charge in [-0.1, -0.05) is 32.0 Å². The first-order valence-corrected chi connectivity index (χ1v) is 8.86. The van der Waals surface area contributed by atoms with Crippen molar-refractivity contribution in [3.05, 3.63) is 59.2 Å². The quantitative estimate of drug-likeness (QED) is 0.538. The summed E-state index contributed by atoms with van der Waals surface area (Å²) in [6.07, 6.45) is 0.509. The van der Waals surface area contributed by atoms with Gasteiger partial charge in [-0.15, -0.1) is 0 Å². The molecule has 0 saturated heterocycles. The third-order valence-electron chi connectivity index (χ3n) is 4.02. The van der Waals surface area contributed by atoms with Crippen LogP contribution in [-0.2, 0) is 11.3 Å². The lowest BCUT2D eigenvalue weighted by atomic mass is 10.1. The number of carbonyl (C=O) groups excluding carboxylic acids is 1. The van der Waals surface area contributed by atoms with Crippen molar-refractivity contribution in [2.45, 2.75) is 40.7 Å². The maximum atomic E-state index is 11.9. The van der Waals surface area contributed by atoms with Crippen LogP contribution in [0.2, 0.25) is 0 Å². The van der Waals surface area contributed by atoms with E-state index in [4.69, 9.17) is 5.73 Å². The molecule has 0 aromatic heterocycles. The van der Waals surface area contributed by atoms with Crippen LogP contribution < -0.4 is 16.4 Å². The summed E-state index contributed by atoms with van der Waals surface area (Å²) >= 11 is 0. The van der Waals surface area contributed by atoms with Crippen molar-refractivity contribution in [3.63, 3.8) is 0 Å². The number of anilines is 2. The Morgan fingerprint density at radius 1 is 1.04 bits per heavy atom. The molecule has 0 aliphatic heterocycles. The first kappa shape index (κ1) is 19.5. The highest BCUT2D eigenvalue weighted by atomic mass is 16.1. The number of rotatable bonds is 6. The molecular formula is C21H28N4O. The van der Waals surface area contributed by atoms with E-state index in [9.17, 15) is 4.79 Å². The van der Waals surface area contributed by atoms with E-state index in [1.54, 1.807) is 0 Å². The summed E-state index contributed by atoms with van der Waals surface area (Å²) in [5.74, 6) is 0.720. The number of nitrogens with two attached hydrogens (primary N) is 1. The minimum Gasteiger partial charge on any atom is -0.370 e. The Hall–Kier alpha value is -2.82. The zero-order chi connectivity index (χ0) is 19.1. The highest BCUT2D eigenvalue weighted by Crippen LogP contribution is 2.15. The lowest BCUT2D eigenvalue weighted by molar-refractivity contribution is -0.116. The maximum absolute atomic E-state index is 11.9. The van der Waals surface area contributed by atoms with E-state index in [1.807, 2.05) is 56.3 Å². The second kappa shape index (κ2) is 9.04. The Balaban J connectivity index is 1.97. The fraction of sp³-hybridized carbons (Fsp3) is 0.333. The van der Waals surface area contributed by atoms with Gasteiger partial charge >= 0.3 is 0 Å². The summed E-state index contributed by atoms with van der Waals surface area (Å²) in [6.45, 7) is 8.63. The Kier molecular flexibility index (Phi) is 6.78. The van der Waals surface area contributed by atoms with Gasteiger partial charge < -0.3 is 16.4 Å². The second-order valence-electron chi connectivity index (χ2n) is 6.97. The van der Waals surface area contributed by atoms with Gasteiger partial charge in [-0.25, -0.2) is 4.99 Å². The molecule has 0 aliphatic carbocycles. The molecule has 5 nitrogen and oxygen atoms in total. The summed E-state index contributed by atoms with van der Waals surface area (Å²) in [5, 5.41) is 6.02. The van der Waals surface area contributed by atoms with Gasteiger partial charge in [-0.05, 0) is 60.7 Å². The molecule has 0 heterocycles. The van der Waals surface area contributed by atoms with Crippen molar-refractivity contribution in [3.8, 4) is 0 Å². The third-order valence-corrected chi connectivity index (χ3v) is 4.02. The SMILES string of the molecule is Cc1ccc(NC(N)=NCc2cccc(NC(=O)CC(C)C)c2)cc1C. The van der Waals surface area contributed by atoms with Crippen LogP contribution in [0.1, 0.15) is 37.0 Å². The molecule has 26 heavy (non-hydrogen) atoms. The maximum Gasteiger partial charge on any atom is 0.224 e. The van der Waals surface area contributed by atoms with Crippen LogP contribution in [-0.4, -0.2) is 11.9 Å². The van der Waals surface area contributed by atoms with E-state index < -0.39 is 0 Å². The van der Waals surface area contributed by atoms with E-state index in [1.165, 1.54) is 11.1 Å². The van der Waals surface area contributed by atoms with Crippen LogP contribution in [0, 0.1) is 19.8 Å². The van der Waals surface area contributed by atoms with Crippen LogP contribution in [0.25, 0.3) is 0 Å². The molecule has 0 unspecified atom stereocenters. The molecule has 2 rings (SSSR count). The number of nitrogens with one attached hydrogen (secondary N) is 2. The van der Waals surface area contributed by atoms with Crippen LogP contribution in [0.4, 0.5) is 11.4 Å². The predicted octanol–water partition coefficient (Wildman–Crippen LogP) is 4.21. The van der Waals surface area contributed by atoms with E-state index in [0.29, 0.717) is 24.8 Å². The largest absolute Gasteiger partial charge is 0.370 e. The number of aryl methyl sites for hydroxylation is 2. The van der Waals surface area contributed by atoms with Gasteiger partial charge in [0, 0.05) is 17.8 Å². The first-order chi connectivity index (χ1) is 12.3. The highest BCUT2D eigenvalue weighted by molar-refractivity contribution is 5.92. The minimum absolute atomic E-state index is 0.0246. The molecule has 5 heteroatoms. The van der Waals surface area contributed by atoms with E-state index in [2.05, 4.69) is 29.5 Å². The van der Waals surface area contributed by atoms with Crippen molar-refractivity contribution in [2.24, 2.45) is 16.6 Å². The summed E-state index contributed by atoms with van der Waals surface area (Å²) in [4.78, 5) is 16.3. The number of benzene rings is 2. The van der Waals surface area contributed by atoms with E-state index in [0.717, 1.165) is 16.9 Å². The molecule has 4 N–H and O–H groups in total. The Bertz CT molecular complexity index is 796. The average molecular weight is 352 g/mol. The van der Waals surface area contributed by atoms with Gasteiger partial charge in [0.1, 0.15) is 0 Å². The van der Waals surface area contributed by atoms with Crippen molar-refractivity contribution in [1.29, 1.82) is 0 Å². The Labute approximate surface area is 155 Å². The van der Waals surface area contributed by atoms with Gasteiger partial charge in [0.05, 0.1) is 6.54 Å². The monoisotopic (exact) mass is 352 g/mol. The second-order valence-corrected chi connectivity index (χ2v) is 6.97. The first-order valence-electron chi connectivity index (χ1n) is 8.86. The lowest BCUT2D eigenvalue weighted by Crippen LogP contribution is -2.22. The number of hydrogen-bond acceptors (Lipinski definition) is 2. The van der Waals surface area contributed by atoms with Gasteiger partial charge in [0.15, 0.2) is 5.96 Å². The third kappa shape index (κ3) is 6.24. The fourth-order valence-electron chi connectivity index (χ4n) is 2.51. The van der Waals surface area contributed by atoms with Crippen LogP contribution in [0.5, 0.6) is 0 Å². The van der Waals surface area contributed by atoms with Crippen molar-refractivity contribution < 1.29 is 4.79 Å². The lowest BCUT2D eigenvalue weighted by Gasteiger charge is -2.09. The number of hydrogen-bond donors (Lipinski definition) is 3. The minimum atomic E-state index is 0.0246. The molecule has 0 aliphatic rings. The number of guanidine groups is 1. The Morgan fingerprint density at radius 3 is 2.46 bits per heavy atom. The topological polar surface area (TPSA) is 79.5 Å². The van der Waals surface area contributed by atoms with Crippen LogP contribution in [0.15, 0.2) is 47.5 Å². The number of carbonyl (C=O) groups is 1. The van der Waals surface area contributed by atoms with Gasteiger partial charge in [0.2, 0.25) is 5.91 Å². The van der Waals surface area contributed by atoms with Gasteiger partial charge in [0.25, 0.3) is 0 Å². The molecule has 138 valence electrons. The fourth-order valence-corrected chi connectivity index (χ4v) is 2.51. The van der Waals surface area contributed by atoms with Gasteiger partial charge in [-0.3, -0.25) is 4.79 Å². The summed E-state index contributed by atoms with van der Waals surface area (Å²) in [5.41, 5.74) is 11.1. The normalized spacial score (nSPS) is 11.5. The summed E-state index contributed by atoms with van der Waals surface area (Å²) in [7, 11) is 0. The molecule has 2 aromatic carbocycles. The number of aliphatic imine (C=N–C) groups is 1. The van der Waals surface area contributed by atoms with Gasteiger partial charge in [-0.2, -0.15) is 0 Å². The molecule has 0 bridgehead atoms. The molecule has 2 aromatic rings. The number of nitrogens with zero attached hydrogens (tertiary/aromatic N) is 1. The summed E-state index contributed by atoms with van der Waals surface area (Å²) in [6, 6.07) is 13.7. The predicted molar refractivity (Wildman–Crippen MR) is 109 cm³/mol. The smallest absolute Gasteiger partial charge is 0.224 e. The average Bonchev–Trinajstić information content (AvgIpc) is 2.56. The van der Waals surface area contributed by atoms with Crippen molar-refractivity contribution in [1.82, 2.24) is 0 Å². The Morgan fingerprint density at radius 2 is 1.77 bits per heavy atom. The van der Waals surface area contributed by atoms with E-state index >= 15 is 0 Å². The zero-order valence-electron chi connectivity index (χ0n) is 16.0. The molecule has 0 atom stereocenters. The molecule has 0 saturated carbocycles. The van der Waals surface area contributed by atoms with E-state index in [-0.39, 0.29) is 5.91 Å². The summed E-state index contributed by atoms with van der Waals surface area (Å²) < 4.78 is 0. The van der Waals surface area contributed by atoms with Crippen molar-refractivity contribution in [2.75, 3.05) is 10.6 Å². The highest BCUT2D eigenvalue weighted by Gasteiger charge is 2.05. The number of amides is 1. The van der Waals surface area contributed by atoms with Crippen LogP contribution in [0.3, 0.4) is 0 Å². The van der Waals surface area contributed by atoms with Crippen LogP contribution >= 0.6 is 0 Å². The molecule has 0 spiro atoms. The standard InChI is InChI=1S/C21H28N4O/c1-14(2)10-20(26)24-18-7-5-6-17(12-18)13-23-21(22)25-19-9-8-15(3)16(4)11-19/h5-9,11-12,14H,10,13H2,1-4H3,(H,24,26)(H3,22,23,25). The van der Waals surface area contributed by atoms with Crippen molar-refractivity contribution >= 4 is 23.2 Å².